The van der Waals surface area contributed by atoms with Crippen LogP contribution < -0.4 is 0 Å². The molecule has 1 aromatic carbocycles. The maximum atomic E-state index is 8.88. The molecule has 25 heavy (non-hydrogen) atoms. The molecule has 130 valence electrons. The first-order valence-corrected chi connectivity index (χ1v) is 9.74. The molecule has 2 nitrogen and oxygen atoms in total. The van der Waals surface area contributed by atoms with Gasteiger partial charge in [0.25, 0.3) is 0 Å². The van der Waals surface area contributed by atoms with E-state index in [0.29, 0.717) is 5.56 Å². The Balaban J connectivity index is 1.50. The van der Waals surface area contributed by atoms with Crippen LogP contribution in [0.5, 0.6) is 0 Å². The highest BCUT2D eigenvalue weighted by molar-refractivity contribution is 5.60. The van der Waals surface area contributed by atoms with Gasteiger partial charge in [-0.2, -0.15) is 5.26 Å². The number of hydrogen-bond acceptors (Lipinski definition) is 2. The second kappa shape index (κ2) is 8.81. The van der Waals surface area contributed by atoms with Crippen molar-refractivity contribution in [2.45, 2.75) is 58.3 Å². The van der Waals surface area contributed by atoms with Crippen molar-refractivity contribution in [2.24, 2.45) is 11.8 Å². The van der Waals surface area contributed by atoms with Crippen LogP contribution in [0.4, 0.5) is 0 Å². The number of aryl methyl sites for hydroxylation is 1. The molecular weight excluding hydrogens is 304 g/mol. The Morgan fingerprint density at radius 2 is 1.64 bits per heavy atom. The topological polar surface area (TPSA) is 36.7 Å². The third kappa shape index (κ3) is 4.92. The summed E-state index contributed by atoms with van der Waals surface area (Å²) in [5.74, 6) is 1.90. The Morgan fingerprint density at radius 3 is 2.20 bits per heavy atom. The van der Waals surface area contributed by atoms with E-state index in [0.717, 1.165) is 29.5 Å². The van der Waals surface area contributed by atoms with E-state index in [1.807, 2.05) is 30.5 Å². The lowest BCUT2D eigenvalue weighted by Crippen LogP contribution is -2.15. The molecule has 1 aliphatic rings. The predicted molar refractivity (Wildman–Crippen MR) is 103 cm³/mol. The summed E-state index contributed by atoms with van der Waals surface area (Å²) in [6.45, 7) is 2.31. The van der Waals surface area contributed by atoms with Gasteiger partial charge in [0.1, 0.15) is 0 Å². The zero-order valence-corrected chi connectivity index (χ0v) is 15.2. The summed E-state index contributed by atoms with van der Waals surface area (Å²) in [7, 11) is 0. The second-order valence-corrected chi connectivity index (χ2v) is 7.45. The van der Waals surface area contributed by atoms with Crippen molar-refractivity contribution in [2.75, 3.05) is 0 Å². The Bertz CT molecular complexity index is 686. The van der Waals surface area contributed by atoms with Crippen molar-refractivity contribution in [1.82, 2.24) is 4.98 Å². The molecule has 0 spiro atoms. The standard InChI is InChI=1S/C23H28N2/c1-2-3-18-4-6-19(7-5-18)8-9-21-12-15-23(25-17-21)22-13-10-20(16-24)11-14-22/h10-15,17-19H,2-9H2,1H3. The highest BCUT2D eigenvalue weighted by Gasteiger charge is 2.20. The first-order valence-electron chi connectivity index (χ1n) is 9.74. The molecule has 0 bridgehead atoms. The van der Waals surface area contributed by atoms with Crippen molar-refractivity contribution in [3.63, 3.8) is 0 Å². The van der Waals surface area contributed by atoms with Gasteiger partial charge in [-0.05, 0) is 48.4 Å². The summed E-state index contributed by atoms with van der Waals surface area (Å²) in [6.07, 6.45) is 12.9. The number of pyridine rings is 1. The number of hydrogen-bond donors (Lipinski definition) is 0. The summed E-state index contributed by atoms with van der Waals surface area (Å²) < 4.78 is 0. The lowest BCUT2D eigenvalue weighted by molar-refractivity contribution is 0.252. The average molecular weight is 332 g/mol. The maximum absolute atomic E-state index is 8.88. The minimum atomic E-state index is 0.689. The largest absolute Gasteiger partial charge is 0.256 e. The van der Waals surface area contributed by atoms with E-state index >= 15 is 0 Å². The summed E-state index contributed by atoms with van der Waals surface area (Å²) in [6, 6.07) is 14.1. The first kappa shape index (κ1) is 17.7. The van der Waals surface area contributed by atoms with Crippen LogP contribution in [-0.2, 0) is 6.42 Å². The molecule has 0 unspecified atom stereocenters. The molecule has 0 aliphatic heterocycles. The lowest BCUT2D eigenvalue weighted by atomic mass is 9.78. The number of nitriles is 1. The Morgan fingerprint density at radius 1 is 0.960 bits per heavy atom. The molecule has 2 aromatic rings. The van der Waals surface area contributed by atoms with Crippen molar-refractivity contribution in [3.8, 4) is 17.3 Å². The van der Waals surface area contributed by atoms with E-state index in [9.17, 15) is 0 Å². The van der Waals surface area contributed by atoms with Gasteiger partial charge in [0, 0.05) is 11.8 Å². The molecule has 0 radical (unpaired) electrons. The fourth-order valence-electron chi connectivity index (χ4n) is 4.05. The summed E-state index contributed by atoms with van der Waals surface area (Å²) in [4.78, 5) is 4.62. The Labute approximate surface area is 151 Å². The van der Waals surface area contributed by atoms with Gasteiger partial charge in [-0.3, -0.25) is 4.98 Å². The van der Waals surface area contributed by atoms with Crippen LogP contribution in [0.2, 0.25) is 0 Å². The Kier molecular flexibility index (Phi) is 6.23. The van der Waals surface area contributed by atoms with E-state index in [1.165, 1.54) is 50.5 Å². The van der Waals surface area contributed by atoms with Crippen molar-refractivity contribution in [1.29, 1.82) is 5.26 Å². The van der Waals surface area contributed by atoms with Crippen LogP contribution >= 0.6 is 0 Å². The normalized spacial score (nSPS) is 20.2. The van der Waals surface area contributed by atoms with Gasteiger partial charge >= 0.3 is 0 Å². The predicted octanol–water partition coefficient (Wildman–Crippen LogP) is 6.16. The molecule has 2 heteroatoms. The van der Waals surface area contributed by atoms with E-state index in [2.05, 4.69) is 30.1 Å². The number of nitrogens with zero attached hydrogens (tertiary/aromatic N) is 2. The molecule has 0 N–H and O–H groups in total. The summed E-state index contributed by atoms with van der Waals surface area (Å²) in [5, 5.41) is 8.88. The maximum Gasteiger partial charge on any atom is 0.0991 e. The van der Waals surface area contributed by atoms with Gasteiger partial charge in [-0.25, -0.2) is 0 Å². The van der Waals surface area contributed by atoms with Crippen LogP contribution in [0.3, 0.4) is 0 Å². The molecule has 0 amide bonds. The quantitative estimate of drug-likeness (QED) is 0.635. The van der Waals surface area contributed by atoms with Crippen LogP contribution in [0.1, 0.15) is 63.0 Å². The fourth-order valence-corrected chi connectivity index (χ4v) is 4.05. The fraction of sp³-hybridized carbons (Fsp3) is 0.478. The van der Waals surface area contributed by atoms with E-state index in [4.69, 9.17) is 5.26 Å². The van der Waals surface area contributed by atoms with Crippen LogP contribution in [0, 0.1) is 23.2 Å². The zero-order chi connectivity index (χ0) is 17.5. The van der Waals surface area contributed by atoms with Gasteiger partial charge in [-0.1, -0.05) is 63.6 Å². The van der Waals surface area contributed by atoms with Gasteiger partial charge in [0.15, 0.2) is 0 Å². The summed E-state index contributed by atoms with van der Waals surface area (Å²) >= 11 is 0. The van der Waals surface area contributed by atoms with Crippen LogP contribution in [0.25, 0.3) is 11.3 Å². The molecular formula is C23H28N2. The number of rotatable bonds is 6. The monoisotopic (exact) mass is 332 g/mol. The van der Waals surface area contributed by atoms with E-state index < -0.39 is 0 Å². The van der Waals surface area contributed by atoms with Crippen molar-refractivity contribution < 1.29 is 0 Å². The SMILES string of the molecule is CCCC1CCC(CCc2ccc(-c3ccc(C#N)cc3)nc2)CC1. The first-order chi connectivity index (χ1) is 12.3. The summed E-state index contributed by atoms with van der Waals surface area (Å²) in [5.41, 5.74) is 4.08. The second-order valence-electron chi connectivity index (χ2n) is 7.45. The van der Waals surface area contributed by atoms with Crippen molar-refractivity contribution in [3.05, 3.63) is 53.7 Å². The molecule has 0 saturated heterocycles. The zero-order valence-electron chi connectivity index (χ0n) is 15.2. The average Bonchev–Trinajstić information content (AvgIpc) is 2.68. The minimum Gasteiger partial charge on any atom is -0.256 e. The third-order valence-corrected chi connectivity index (χ3v) is 5.64. The molecule has 1 saturated carbocycles. The van der Waals surface area contributed by atoms with Gasteiger partial charge in [0.05, 0.1) is 17.3 Å². The molecule has 1 fully saturated rings. The minimum absolute atomic E-state index is 0.689. The Hall–Kier alpha value is -2.14. The van der Waals surface area contributed by atoms with E-state index in [1.54, 1.807) is 0 Å². The van der Waals surface area contributed by atoms with Gasteiger partial charge in [-0.15, -0.1) is 0 Å². The third-order valence-electron chi connectivity index (χ3n) is 5.64. The lowest BCUT2D eigenvalue weighted by Gasteiger charge is -2.28. The van der Waals surface area contributed by atoms with Crippen LogP contribution in [0.15, 0.2) is 42.6 Å². The van der Waals surface area contributed by atoms with Crippen LogP contribution in [-0.4, -0.2) is 4.98 Å². The molecule has 0 atom stereocenters. The smallest absolute Gasteiger partial charge is 0.0991 e. The molecule has 3 rings (SSSR count). The van der Waals surface area contributed by atoms with E-state index in [-0.39, 0.29) is 0 Å². The van der Waals surface area contributed by atoms with Gasteiger partial charge < -0.3 is 0 Å². The molecule has 1 aromatic heterocycles. The molecule has 1 aliphatic carbocycles. The number of aromatic nitrogens is 1. The number of benzene rings is 1. The van der Waals surface area contributed by atoms with Crippen molar-refractivity contribution >= 4 is 0 Å². The highest BCUT2D eigenvalue weighted by atomic mass is 14.7. The highest BCUT2D eigenvalue weighted by Crippen LogP contribution is 2.33. The van der Waals surface area contributed by atoms with Gasteiger partial charge in [0.2, 0.25) is 0 Å². The molecule has 1 heterocycles.